The molecule has 0 saturated heterocycles. The van der Waals surface area contributed by atoms with E-state index in [1.165, 1.54) is 0 Å². The first kappa shape index (κ1) is 17.3. The standard InChI is InChI=1S/C13H20N2OS.ClH/c1-13(2,3)11(14)12(16)15-9-6-5-7-10(8-9)17-4;/h5-8,11H,14H2,1-4H3,(H,15,16);1H/t11-;/m1./s1. The SMILES string of the molecule is CSc1cccc(NC(=O)[C@@H](N)C(C)(C)C)c1.Cl. The van der Waals surface area contributed by atoms with Gasteiger partial charge in [0.2, 0.25) is 5.91 Å². The van der Waals surface area contributed by atoms with Crippen molar-refractivity contribution in [3.05, 3.63) is 24.3 Å². The summed E-state index contributed by atoms with van der Waals surface area (Å²) >= 11 is 1.64. The molecule has 0 aliphatic heterocycles. The molecule has 0 fully saturated rings. The smallest absolute Gasteiger partial charge is 0.241 e. The first-order chi connectivity index (χ1) is 7.84. The number of nitrogens with one attached hydrogen (secondary N) is 1. The molecule has 0 unspecified atom stereocenters. The fourth-order valence-electron chi connectivity index (χ4n) is 1.31. The number of carbonyl (C=O) groups is 1. The van der Waals surface area contributed by atoms with E-state index < -0.39 is 6.04 Å². The van der Waals surface area contributed by atoms with Crippen LogP contribution in [0.25, 0.3) is 0 Å². The summed E-state index contributed by atoms with van der Waals surface area (Å²) in [6.45, 7) is 5.86. The highest BCUT2D eigenvalue weighted by Gasteiger charge is 2.27. The van der Waals surface area contributed by atoms with Crippen LogP contribution in [0.3, 0.4) is 0 Å². The maximum absolute atomic E-state index is 11.9. The summed E-state index contributed by atoms with van der Waals surface area (Å²) in [6.07, 6.45) is 2.00. The summed E-state index contributed by atoms with van der Waals surface area (Å²) in [5.41, 5.74) is 6.45. The first-order valence-electron chi connectivity index (χ1n) is 5.55. The summed E-state index contributed by atoms with van der Waals surface area (Å²) in [5.74, 6) is -0.143. The van der Waals surface area contributed by atoms with Gasteiger partial charge in [0.25, 0.3) is 0 Å². The van der Waals surface area contributed by atoms with Gasteiger partial charge < -0.3 is 11.1 Å². The molecule has 0 radical (unpaired) electrons. The first-order valence-corrected chi connectivity index (χ1v) is 6.77. The van der Waals surface area contributed by atoms with Crippen LogP contribution in [0.1, 0.15) is 20.8 Å². The van der Waals surface area contributed by atoms with Crippen LogP contribution in [-0.4, -0.2) is 18.2 Å². The van der Waals surface area contributed by atoms with Gasteiger partial charge in [-0.2, -0.15) is 0 Å². The fraction of sp³-hybridized carbons (Fsp3) is 0.462. The molecule has 0 aliphatic rings. The Morgan fingerprint density at radius 3 is 2.50 bits per heavy atom. The summed E-state index contributed by atoms with van der Waals surface area (Å²) in [7, 11) is 0. The van der Waals surface area contributed by atoms with Gasteiger partial charge in [-0.25, -0.2) is 0 Å². The maximum atomic E-state index is 11.9. The van der Waals surface area contributed by atoms with E-state index in [1.807, 2.05) is 51.3 Å². The number of rotatable bonds is 3. The molecule has 18 heavy (non-hydrogen) atoms. The van der Waals surface area contributed by atoms with Crippen LogP contribution in [0.2, 0.25) is 0 Å². The molecule has 0 aliphatic carbocycles. The third-order valence-corrected chi connectivity index (χ3v) is 3.28. The van der Waals surface area contributed by atoms with Crippen molar-refractivity contribution in [1.29, 1.82) is 0 Å². The normalized spacial score (nSPS) is 12.5. The van der Waals surface area contributed by atoms with E-state index in [0.717, 1.165) is 10.6 Å². The van der Waals surface area contributed by atoms with Gasteiger partial charge in [-0.05, 0) is 29.9 Å². The second kappa shape index (κ2) is 7.02. The van der Waals surface area contributed by atoms with E-state index in [2.05, 4.69) is 5.32 Å². The molecule has 3 nitrogen and oxygen atoms in total. The molecule has 1 aromatic carbocycles. The number of hydrogen-bond acceptors (Lipinski definition) is 3. The van der Waals surface area contributed by atoms with Gasteiger partial charge in [0, 0.05) is 10.6 Å². The zero-order valence-corrected chi connectivity index (χ0v) is 12.8. The molecule has 1 aromatic rings. The van der Waals surface area contributed by atoms with Crippen molar-refractivity contribution < 1.29 is 4.79 Å². The van der Waals surface area contributed by atoms with Gasteiger partial charge >= 0.3 is 0 Å². The molecule has 0 heterocycles. The van der Waals surface area contributed by atoms with Crippen LogP contribution >= 0.6 is 24.2 Å². The Morgan fingerprint density at radius 2 is 2.00 bits per heavy atom. The molecule has 0 aromatic heterocycles. The molecule has 102 valence electrons. The Kier molecular flexibility index (Phi) is 6.74. The van der Waals surface area contributed by atoms with E-state index in [1.54, 1.807) is 11.8 Å². The molecular formula is C13H21ClN2OS. The summed E-state index contributed by atoms with van der Waals surface area (Å²) in [4.78, 5) is 13.0. The van der Waals surface area contributed by atoms with E-state index in [9.17, 15) is 4.79 Å². The van der Waals surface area contributed by atoms with Gasteiger partial charge in [0.15, 0.2) is 0 Å². The molecule has 3 N–H and O–H groups in total. The van der Waals surface area contributed by atoms with Crippen molar-refractivity contribution in [1.82, 2.24) is 0 Å². The summed E-state index contributed by atoms with van der Waals surface area (Å²) in [6, 6.07) is 7.22. The predicted octanol–water partition coefficient (Wildman–Crippen LogP) is 3.14. The Labute approximate surface area is 119 Å². The third kappa shape index (κ3) is 4.88. The van der Waals surface area contributed by atoms with Gasteiger partial charge in [-0.15, -0.1) is 24.2 Å². The van der Waals surface area contributed by atoms with Crippen molar-refractivity contribution in [3.8, 4) is 0 Å². The van der Waals surface area contributed by atoms with Crippen molar-refractivity contribution in [2.45, 2.75) is 31.7 Å². The lowest BCUT2D eigenvalue weighted by Crippen LogP contribution is -2.45. The molecule has 1 rings (SSSR count). The lowest BCUT2D eigenvalue weighted by molar-refractivity contribution is -0.119. The number of amides is 1. The molecular weight excluding hydrogens is 268 g/mol. The number of benzene rings is 1. The Hall–Kier alpha value is -0.710. The van der Waals surface area contributed by atoms with Crippen LogP contribution in [0.5, 0.6) is 0 Å². The number of carbonyl (C=O) groups excluding carboxylic acids is 1. The topological polar surface area (TPSA) is 55.1 Å². The minimum absolute atomic E-state index is 0. The van der Waals surface area contributed by atoms with Crippen LogP contribution < -0.4 is 11.1 Å². The number of hydrogen-bond donors (Lipinski definition) is 2. The molecule has 0 bridgehead atoms. The molecule has 0 saturated carbocycles. The minimum atomic E-state index is -0.513. The Balaban J connectivity index is 0.00000289. The van der Waals surface area contributed by atoms with Crippen LogP contribution in [0, 0.1) is 5.41 Å². The van der Waals surface area contributed by atoms with Crippen molar-refractivity contribution in [2.24, 2.45) is 11.1 Å². The van der Waals surface area contributed by atoms with E-state index in [-0.39, 0.29) is 23.7 Å². The quantitative estimate of drug-likeness (QED) is 0.840. The summed E-state index contributed by atoms with van der Waals surface area (Å²) < 4.78 is 0. The molecule has 0 spiro atoms. The monoisotopic (exact) mass is 288 g/mol. The highest BCUT2D eigenvalue weighted by Crippen LogP contribution is 2.21. The van der Waals surface area contributed by atoms with Gasteiger partial charge in [0.05, 0.1) is 6.04 Å². The van der Waals surface area contributed by atoms with E-state index >= 15 is 0 Å². The van der Waals surface area contributed by atoms with E-state index in [4.69, 9.17) is 5.73 Å². The van der Waals surface area contributed by atoms with Crippen LogP contribution in [-0.2, 0) is 4.79 Å². The van der Waals surface area contributed by atoms with Crippen LogP contribution in [0.4, 0.5) is 5.69 Å². The maximum Gasteiger partial charge on any atom is 0.241 e. The van der Waals surface area contributed by atoms with Gasteiger partial charge in [-0.3, -0.25) is 4.79 Å². The second-order valence-electron chi connectivity index (χ2n) is 5.06. The van der Waals surface area contributed by atoms with Crippen molar-refractivity contribution in [2.75, 3.05) is 11.6 Å². The van der Waals surface area contributed by atoms with Crippen molar-refractivity contribution >= 4 is 35.8 Å². The summed E-state index contributed by atoms with van der Waals surface area (Å²) in [5, 5.41) is 2.85. The number of anilines is 1. The second-order valence-corrected chi connectivity index (χ2v) is 5.94. The zero-order chi connectivity index (χ0) is 13.1. The minimum Gasteiger partial charge on any atom is -0.325 e. The number of thioether (sulfide) groups is 1. The molecule has 5 heteroatoms. The van der Waals surface area contributed by atoms with Gasteiger partial charge in [-0.1, -0.05) is 26.8 Å². The highest BCUT2D eigenvalue weighted by molar-refractivity contribution is 7.98. The highest BCUT2D eigenvalue weighted by atomic mass is 35.5. The number of halogens is 1. The Bertz CT molecular complexity index is 404. The number of nitrogens with two attached hydrogens (primary N) is 1. The lowest BCUT2D eigenvalue weighted by atomic mass is 9.87. The average Bonchev–Trinajstić information content (AvgIpc) is 2.27. The molecule has 1 amide bonds. The Morgan fingerprint density at radius 1 is 1.39 bits per heavy atom. The largest absolute Gasteiger partial charge is 0.325 e. The van der Waals surface area contributed by atoms with E-state index in [0.29, 0.717) is 0 Å². The zero-order valence-electron chi connectivity index (χ0n) is 11.2. The third-order valence-electron chi connectivity index (χ3n) is 2.55. The van der Waals surface area contributed by atoms with Crippen LogP contribution in [0.15, 0.2) is 29.2 Å². The average molecular weight is 289 g/mol. The lowest BCUT2D eigenvalue weighted by Gasteiger charge is -2.25. The molecule has 1 atom stereocenters. The predicted molar refractivity (Wildman–Crippen MR) is 81.5 cm³/mol. The van der Waals surface area contributed by atoms with Gasteiger partial charge in [0.1, 0.15) is 0 Å². The fourth-order valence-corrected chi connectivity index (χ4v) is 1.77. The van der Waals surface area contributed by atoms with Crippen molar-refractivity contribution in [3.63, 3.8) is 0 Å².